The smallest absolute Gasteiger partial charge is 0.194 e. The van der Waals surface area contributed by atoms with E-state index in [1.54, 1.807) is 30.3 Å². The van der Waals surface area contributed by atoms with Crippen molar-refractivity contribution in [3.05, 3.63) is 77.1 Å². The van der Waals surface area contributed by atoms with Crippen LogP contribution in [0.25, 0.3) is 5.57 Å². The lowest BCUT2D eigenvalue weighted by Crippen LogP contribution is -2.16. The van der Waals surface area contributed by atoms with Gasteiger partial charge in [-0.25, -0.2) is 4.39 Å². The van der Waals surface area contributed by atoms with Crippen molar-refractivity contribution in [2.45, 2.75) is 0 Å². The number of carbonyl (C=O) groups is 2. The normalized spacial score (nSPS) is 14.1. The van der Waals surface area contributed by atoms with Gasteiger partial charge < -0.3 is 0 Å². The van der Waals surface area contributed by atoms with Gasteiger partial charge in [-0.2, -0.15) is 0 Å². The fourth-order valence-corrected chi connectivity index (χ4v) is 2.19. The van der Waals surface area contributed by atoms with Gasteiger partial charge in [0.15, 0.2) is 11.6 Å². The molecule has 0 saturated carbocycles. The molecule has 0 fully saturated rings. The average molecular weight is 252 g/mol. The third-order valence-corrected chi connectivity index (χ3v) is 3.09. The highest BCUT2D eigenvalue weighted by Gasteiger charge is 2.25. The number of hydrogen-bond donors (Lipinski definition) is 0. The van der Waals surface area contributed by atoms with Gasteiger partial charge >= 0.3 is 0 Å². The zero-order chi connectivity index (χ0) is 13.4. The minimum absolute atomic E-state index is 0.227. The van der Waals surface area contributed by atoms with Gasteiger partial charge in [-0.3, -0.25) is 9.59 Å². The van der Waals surface area contributed by atoms with Gasteiger partial charge in [0, 0.05) is 16.7 Å². The minimum atomic E-state index is -0.433. The van der Waals surface area contributed by atoms with Crippen molar-refractivity contribution in [3.8, 4) is 0 Å². The number of benzene rings is 2. The number of carbonyl (C=O) groups excluding carboxylic acids is 2. The maximum Gasteiger partial charge on any atom is 0.194 e. The zero-order valence-electron chi connectivity index (χ0n) is 9.89. The van der Waals surface area contributed by atoms with Crippen LogP contribution >= 0.6 is 0 Å². The summed E-state index contributed by atoms with van der Waals surface area (Å²) in [6.45, 7) is 0. The summed E-state index contributed by atoms with van der Waals surface area (Å²) < 4.78 is 13.2. The molecule has 0 atom stereocenters. The Labute approximate surface area is 109 Å². The lowest BCUT2D eigenvalue weighted by Gasteiger charge is -2.14. The molecular weight excluding hydrogens is 243 g/mol. The predicted octanol–water partition coefficient (Wildman–Crippen LogP) is 3.29. The number of allylic oxidation sites excluding steroid dienone is 2. The maximum atomic E-state index is 13.2. The van der Waals surface area contributed by atoms with Crippen LogP contribution < -0.4 is 0 Å². The summed E-state index contributed by atoms with van der Waals surface area (Å²) in [5.41, 5.74) is 1.43. The highest BCUT2D eigenvalue weighted by Crippen LogP contribution is 2.27. The molecule has 0 bridgehead atoms. The van der Waals surface area contributed by atoms with E-state index in [-0.39, 0.29) is 17.1 Å². The number of ketones is 2. The highest BCUT2D eigenvalue weighted by molar-refractivity contribution is 6.38. The second-order valence-electron chi connectivity index (χ2n) is 4.31. The number of rotatable bonds is 1. The van der Waals surface area contributed by atoms with Crippen LogP contribution in [0, 0.1) is 5.82 Å². The Hall–Kier alpha value is -2.55. The van der Waals surface area contributed by atoms with Crippen LogP contribution in [0.15, 0.2) is 54.6 Å². The van der Waals surface area contributed by atoms with Gasteiger partial charge in [-0.05, 0) is 23.8 Å². The van der Waals surface area contributed by atoms with Gasteiger partial charge in [0.25, 0.3) is 0 Å². The minimum Gasteiger partial charge on any atom is -0.289 e. The molecule has 0 spiro atoms. The van der Waals surface area contributed by atoms with E-state index in [2.05, 4.69) is 0 Å². The van der Waals surface area contributed by atoms with Crippen LogP contribution in [0.1, 0.15) is 26.3 Å². The fraction of sp³-hybridized carbons (Fsp3) is 0. The molecule has 92 valence electrons. The van der Waals surface area contributed by atoms with Crippen LogP contribution in [0.4, 0.5) is 4.39 Å². The number of Topliss-reactive ketones (excluding diaryl/α,β-unsaturated/α-hetero) is 1. The molecule has 0 aromatic heterocycles. The molecule has 0 unspecified atom stereocenters. The monoisotopic (exact) mass is 252 g/mol. The first-order valence-electron chi connectivity index (χ1n) is 5.82. The Bertz CT molecular complexity index is 729. The lowest BCUT2D eigenvalue weighted by atomic mass is 9.86. The van der Waals surface area contributed by atoms with Crippen LogP contribution in [0.5, 0.6) is 0 Å². The molecular formula is C16H9FO2. The molecule has 0 radical (unpaired) electrons. The fourth-order valence-electron chi connectivity index (χ4n) is 2.19. The molecule has 0 heterocycles. The molecule has 2 nitrogen and oxygen atoms in total. The van der Waals surface area contributed by atoms with E-state index < -0.39 is 5.82 Å². The van der Waals surface area contributed by atoms with Crippen molar-refractivity contribution in [3.63, 3.8) is 0 Å². The second kappa shape index (κ2) is 4.28. The van der Waals surface area contributed by atoms with Crippen molar-refractivity contribution < 1.29 is 14.0 Å². The molecule has 0 aliphatic heterocycles. The first kappa shape index (κ1) is 11.5. The van der Waals surface area contributed by atoms with E-state index in [0.29, 0.717) is 16.7 Å². The molecule has 3 heteroatoms. The molecule has 3 rings (SSSR count). The Balaban J connectivity index is 2.16. The molecule has 1 aliphatic rings. The van der Waals surface area contributed by atoms with Crippen LogP contribution in [0.3, 0.4) is 0 Å². The Morgan fingerprint density at radius 3 is 2.32 bits per heavy atom. The summed E-state index contributed by atoms with van der Waals surface area (Å²) >= 11 is 0. The van der Waals surface area contributed by atoms with E-state index in [0.717, 1.165) is 0 Å². The lowest BCUT2D eigenvalue weighted by molar-refractivity contribution is 0.100. The topological polar surface area (TPSA) is 34.1 Å². The summed E-state index contributed by atoms with van der Waals surface area (Å²) in [5.74, 6) is -0.909. The molecule has 0 N–H and O–H groups in total. The predicted molar refractivity (Wildman–Crippen MR) is 69.5 cm³/mol. The van der Waals surface area contributed by atoms with Gasteiger partial charge in [0.1, 0.15) is 5.82 Å². The average Bonchev–Trinajstić information content (AvgIpc) is 2.43. The third-order valence-electron chi connectivity index (χ3n) is 3.09. The molecule has 1 aliphatic carbocycles. The van der Waals surface area contributed by atoms with E-state index in [1.807, 2.05) is 0 Å². The summed E-state index contributed by atoms with van der Waals surface area (Å²) in [5, 5.41) is 0. The van der Waals surface area contributed by atoms with E-state index in [9.17, 15) is 14.0 Å². The van der Waals surface area contributed by atoms with E-state index >= 15 is 0 Å². The molecule has 2 aromatic carbocycles. The maximum absolute atomic E-state index is 13.2. The molecule has 0 amide bonds. The zero-order valence-corrected chi connectivity index (χ0v) is 9.89. The first-order chi connectivity index (χ1) is 9.16. The highest BCUT2D eigenvalue weighted by atomic mass is 19.1. The Morgan fingerprint density at radius 1 is 0.842 bits per heavy atom. The largest absolute Gasteiger partial charge is 0.289 e. The molecule has 2 aromatic rings. The van der Waals surface area contributed by atoms with Crippen LogP contribution in [0.2, 0.25) is 0 Å². The Kier molecular flexibility index (Phi) is 2.60. The van der Waals surface area contributed by atoms with Crippen molar-refractivity contribution in [2.75, 3.05) is 0 Å². The van der Waals surface area contributed by atoms with Crippen molar-refractivity contribution in [1.82, 2.24) is 0 Å². The second-order valence-corrected chi connectivity index (χ2v) is 4.31. The summed E-state index contributed by atoms with van der Waals surface area (Å²) in [7, 11) is 0. The van der Waals surface area contributed by atoms with E-state index in [1.165, 1.54) is 24.3 Å². The summed E-state index contributed by atoms with van der Waals surface area (Å²) in [6, 6.07) is 12.3. The molecule has 0 saturated heterocycles. The van der Waals surface area contributed by atoms with Crippen LogP contribution in [-0.4, -0.2) is 11.6 Å². The Morgan fingerprint density at radius 2 is 1.58 bits per heavy atom. The number of halogens is 1. The van der Waals surface area contributed by atoms with Gasteiger partial charge in [-0.15, -0.1) is 0 Å². The summed E-state index contributed by atoms with van der Waals surface area (Å²) in [4.78, 5) is 24.3. The van der Waals surface area contributed by atoms with Gasteiger partial charge in [-0.1, -0.05) is 36.4 Å². The van der Waals surface area contributed by atoms with Gasteiger partial charge in [0.2, 0.25) is 0 Å². The van der Waals surface area contributed by atoms with Crippen molar-refractivity contribution >= 4 is 17.1 Å². The standard InChI is InChI=1S/C16H9FO2/c17-11-5-3-4-10(8-11)14-9-15(18)12-6-1-2-7-13(12)16(14)19/h1-9H. The van der Waals surface area contributed by atoms with Gasteiger partial charge in [0.05, 0.1) is 0 Å². The summed E-state index contributed by atoms with van der Waals surface area (Å²) in [6.07, 6.45) is 1.28. The molecule has 19 heavy (non-hydrogen) atoms. The van der Waals surface area contributed by atoms with Crippen LogP contribution in [-0.2, 0) is 0 Å². The third kappa shape index (κ3) is 1.89. The van der Waals surface area contributed by atoms with Crippen molar-refractivity contribution in [1.29, 1.82) is 0 Å². The number of fused-ring (bicyclic) bond motifs is 1. The number of hydrogen-bond acceptors (Lipinski definition) is 2. The van der Waals surface area contributed by atoms with E-state index in [4.69, 9.17) is 0 Å². The quantitative estimate of drug-likeness (QED) is 0.780. The SMILES string of the molecule is O=C1C=C(c2cccc(F)c2)C(=O)c2ccccc21. The van der Waals surface area contributed by atoms with Crippen molar-refractivity contribution in [2.24, 2.45) is 0 Å². The first-order valence-corrected chi connectivity index (χ1v) is 5.82.